The highest BCUT2D eigenvalue weighted by Crippen LogP contribution is 2.26. The maximum atomic E-state index is 11.4. The van der Waals surface area contributed by atoms with E-state index in [1.807, 2.05) is 60.7 Å². The van der Waals surface area contributed by atoms with Crippen molar-refractivity contribution in [2.75, 3.05) is 13.7 Å². The van der Waals surface area contributed by atoms with Crippen molar-refractivity contribution in [3.63, 3.8) is 0 Å². The molecule has 28 heavy (non-hydrogen) atoms. The van der Waals surface area contributed by atoms with Gasteiger partial charge in [-0.25, -0.2) is 0 Å². The van der Waals surface area contributed by atoms with Crippen LogP contribution < -0.4 is 0 Å². The molecule has 150 valence electrons. The predicted molar refractivity (Wildman–Crippen MR) is 102 cm³/mol. The second kappa shape index (κ2) is 10.3. The molecule has 0 unspecified atom stereocenters. The molecule has 0 N–H and O–H groups in total. The van der Waals surface area contributed by atoms with Gasteiger partial charge < -0.3 is 18.9 Å². The lowest BCUT2D eigenvalue weighted by Gasteiger charge is -2.36. The molecular weight excluding hydrogens is 362 g/mol. The van der Waals surface area contributed by atoms with Gasteiger partial charge in [-0.1, -0.05) is 60.7 Å². The van der Waals surface area contributed by atoms with E-state index in [0.29, 0.717) is 13.2 Å². The van der Waals surface area contributed by atoms with Gasteiger partial charge in [0, 0.05) is 18.5 Å². The van der Waals surface area contributed by atoms with Crippen LogP contribution in [0.25, 0.3) is 0 Å². The molecule has 0 amide bonds. The molecule has 0 saturated carbocycles. The first-order chi connectivity index (χ1) is 13.7. The van der Waals surface area contributed by atoms with Crippen molar-refractivity contribution in [1.29, 1.82) is 0 Å². The fourth-order valence-corrected chi connectivity index (χ4v) is 3.22. The molecule has 2 aromatic rings. The Morgan fingerprint density at radius 1 is 1.04 bits per heavy atom. The molecule has 3 rings (SSSR count). The van der Waals surface area contributed by atoms with Crippen molar-refractivity contribution < 1.29 is 23.9 Å². The minimum atomic E-state index is -0.976. The van der Waals surface area contributed by atoms with Crippen molar-refractivity contribution in [3.05, 3.63) is 81.9 Å². The summed E-state index contributed by atoms with van der Waals surface area (Å²) >= 11 is 0. The Labute approximate surface area is 164 Å². The Morgan fingerprint density at radius 3 is 2.21 bits per heavy atom. The van der Waals surface area contributed by atoms with Crippen molar-refractivity contribution >= 4 is 0 Å². The molecule has 1 fully saturated rings. The second-order valence-electron chi connectivity index (χ2n) is 6.70. The van der Waals surface area contributed by atoms with Gasteiger partial charge in [-0.2, -0.15) is 0 Å². The van der Waals surface area contributed by atoms with Gasteiger partial charge in [-0.05, 0) is 11.1 Å². The molecule has 7 nitrogen and oxygen atoms in total. The number of nitrogens with zero attached hydrogens (tertiary/aromatic N) is 1. The van der Waals surface area contributed by atoms with Gasteiger partial charge in [0.05, 0.1) is 25.9 Å². The number of methoxy groups -OCH3 is 1. The van der Waals surface area contributed by atoms with Gasteiger partial charge in [-0.15, -0.1) is 0 Å². The van der Waals surface area contributed by atoms with E-state index in [4.69, 9.17) is 18.9 Å². The summed E-state index contributed by atoms with van der Waals surface area (Å²) in [5, 5.41) is 11.4. The lowest BCUT2D eigenvalue weighted by atomic mass is 10.0. The summed E-state index contributed by atoms with van der Waals surface area (Å²) in [6, 6.07) is 18.5. The van der Waals surface area contributed by atoms with Crippen LogP contribution in [-0.2, 0) is 32.2 Å². The fourth-order valence-electron chi connectivity index (χ4n) is 3.22. The number of rotatable bonds is 9. The SMILES string of the molecule is CO[C@H]1O[C@H](COCc2ccccc2)[C@@H](OCc2ccccc2)C[C@H]1[N+](=O)[O-]. The molecule has 1 aliphatic heterocycles. The first kappa shape index (κ1) is 20.4. The number of nitro groups is 1. The second-order valence-corrected chi connectivity index (χ2v) is 6.70. The van der Waals surface area contributed by atoms with E-state index in [0.717, 1.165) is 11.1 Å². The number of ether oxygens (including phenoxy) is 4. The van der Waals surface area contributed by atoms with Crippen LogP contribution in [0.15, 0.2) is 60.7 Å². The Balaban J connectivity index is 1.63. The normalized spacial score (nSPS) is 24.8. The molecular formula is C21H25NO6. The minimum absolute atomic E-state index is 0.206. The van der Waals surface area contributed by atoms with Crippen LogP contribution in [0, 0.1) is 10.1 Å². The zero-order valence-corrected chi connectivity index (χ0v) is 15.8. The molecule has 1 heterocycles. The van der Waals surface area contributed by atoms with Gasteiger partial charge in [0.1, 0.15) is 6.10 Å². The Bertz CT molecular complexity index is 726. The molecule has 0 bridgehead atoms. The van der Waals surface area contributed by atoms with Crippen molar-refractivity contribution in [3.8, 4) is 0 Å². The zero-order chi connectivity index (χ0) is 19.8. The summed E-state index contributed by atoms with van der Waals surface area (Å²) < 4.78 is 22.8. The third kappa shape index (κ3) is 5.59. The van der Waals surface area contributed by atoms with Crippen molar-refractivity contribution in [2.45, 2.75) is 44.2 Å². The first-order valence-corrected chi connectivity index (χ1v) is 9.26. The Morgan fingerprint density at radius 2 is 1.64 bits per heavy atom. The molecule has 0 spiro atoms. The first-order valence-electron chi connectivity index (χ1n) is 9.26. The van der Waals surface area contributed by atoms with Gasteiger partial charge in [0.25, 0.3) is 6.04 Å². The van der Waals surface area contributed by atoms with E-state index in [1.165, 1.54) is 7.11 Å². The summed E-state index contributed by atoms with van der Waals surface area (Å²) in [6.45, 7) is 1.05. The van der Waals surface area contributed by atoms with Gasteiger partial charge in [0.2, 0.25) is 6.29 Å². The highest BCUT2D eigenvalue weighted by atomic mass is 16.7. The molecule has 2 aromatic carbocycles. The standard InChI is InChI=1S/C21H25NO6/c1-25-21-18(22(23)24)12-19(27-14-17-10-6-3-7-11-17)20(28-21)15-26-13-16-8-4-2-5-9-16/h2-11,18-21H,12-15H2,1H3/t18-,19+,20-,21+/m1/s1. The van der Waals surface area contributed by atoms with Crippen molar-refractivity contribution in [1.82, 2.24) is 0 Å². The number of hydrogen-bond donors (Lipinski definition) is 0. The van der Waals surface area contributed by atoms with Crippen LogP contribution in [0.3, 0.4) is 0 Å². The highest BCUT2D eigenvalue weighted by Gasteiger charge is 2.45. The minimum Gasteiger partial charge on any atom is -0.374 e. The summed E-state index contributed by atoms with van der Waals surface area (Å²) in [7, 11) is 1.41. The molecule has 1 aliphatic rings. The lowest BCUT2D eigenvalue weighted by Crippen LogP contribution is -2.53. The predicted octanol–water partition coefficient (Wildman–Crippen LogP) is 3.20. The van der Waals surface area contributed by atoms with Crippen LogP contribution in [-0.4, -0.2) is 43.2 Å². The van der Waals surface area contributed by atoms with E-state index in [-0.39, 0.29) is 18.0 Å². The van der Waals surface area contributed by atoms with Crippen molar-refractivity contribution in [2.24, 2.45) is 0 Å². The summed E-state index contributed by atoms with van der Waals surface area (Å²) in [6.07, 6.45) is -1.62. The maximum absolute atomic E-state index is 11.4. The lowest BCUT2D eigenvalue weighted by molar-refractivity contribution is -0.561. The van der Waals surface area contributed by atoms with Crippen LogP contribution in [0.4, 0.5) is 0 Å². The quantitative estimate of drug-likeness (QED) is 0.486. The maximum Gasteiger partial charge on any atom is 0.265 e. The number of benzene rings is 2. The topological polar surface area (TPSA) is 80.1 Å². The van der Waals surface area contributed by atoms with E-state index in [1.54, 1.807) is 0 Å². The van der Waals surface area contributed by atoms with Crippen LogP contribution in [0.5, 0.6) is 0 Å². The van der Waals surface area contributed by atoms with Crippen LogP contribution in [0.1, 0.15) is 17.5 Å². The molecule has 7 heteroatoms. The van der Waals surface area contributed by atoms with E-state index >= 15 is 0 Å². The van der Waals surface area contributed by atoms with Gasteiger partial charge in [-0.3, -0.25) is 10.1 Å². The third-order valence-electron chi connectivity index (χ3n) is 4.72. The van der Waals surface area contributed by atoms with E-state index < -0.39 is 24.5 Å². The van der Waals surface area contributed by atoms with E-state index in [9.17, 15) is 10.1 Å². The monoisotopic (exact) mass is 387 g/mol. The van der Waals surface area contributed by atoms with Crippen LogP contribution >= 0.6 is 0 Å². The Kier molecular flexibility index (Phi) is 7.50. The fraction of sp³-hybridized carbons (Fsp3) is 0.429. The van der Waals surface area contributed by atoms with Gasteiger partial charge in [0.15, 0.2) is 0 Å². The highest BCUT2D eigenvalue weighted by molar-refractivity contribution is 5.14. The molecule has 4 atom stereocenters. The van der Waals surface area contributed by atoms with Gasteiger partial charge >= 0.3 is 0 Å². The molecule has 0 radical (unpaired) electrons. The smallest absolute Gasteiger partial charge is 0.265 e. The molecule has 1 saturated heterocycles. The average molecular weight is 387 g/mol. The molecule has 0 aromatic heterocycles. The summed E-state index contributed by atoms with van der Waals surface area (Å²) in [5.74, 6) is 0. The zero-order valence-electron chi connectivity index (χ0n) is 15.8. The summed E-state index contributed by atoms with van der Waals surface area (Å²) in [5.41, 5.74) is 2.05. The number of hydrogen-bond acceptors (Lipinski definition) is 6. The summed E-state index contributed by atoms with van der Waals surface area (Å²) in [4.78, 5) is 11.0. The van der Waals surface area contributed by atoms with E-state index in [2.05, 4.69) is 0 Å². The molecule has 0 aliphatic carbocycles. The van der Waals surface area contributed by atoms with Crippen LogP contribution in [0.2, 0.25) is 0 Å². The Hall–Kier alpha value is -2.32. The largest absolute Gasteiger partial charge is 0.374 e. The third-order valence-corrected chi connectivity index (χ3v) is 4.72. The average Bonchev–Trinajstić information content (AvgIpc) is 2.73.